The average molecular weight is 372 g/mol. The number of urea groups is 1. The molecule has 0 saturated heterocycles. The molecule has 0 unspecified atom stereocenters. The lowest BCUT2D eigenvalue weighted by Crippen LogP contribution is -2.32. The van der Waals surface area contributed by atoms with Gasteiger partial charge in [-0.15, -0.1) is 0 Å². The van der Waals surface area contributed by atoms with Crippen LogP contribution in [0.2, 0.25) is 0 Å². The molecule has 0 aliphatic carbocycles. The Balaban J connectivity index is 1.78. The molecule has 0 bridgehead atoms. The molecule has 2 aromatic rings. The van der Waals surface area contributed by atoms with Crippen LogP contribution in [0.4, 0.5) is 10.5 Å². The van der Waals surface area contributed by atoms with Crippen LogP contribution in [0.5, 0.6) is 17.2 Å². The standard InChI is InChI=1S/C21H28N2O4/c1-21(2,3)15-6-8-16(9-7-15)23-20(24)22-10-11-27-19-13-17(25-4)12-18(14-19)26-5/h6-9,12-14H,10-11H2,1-5H3,(H2,22,23,24). The Morgan fingerprint density at radius 1 is 0.926 bits per heavy atom. The van der Waals surface area contributed by atoms with E-state index in [1.807, 2.05) is 24.3 Å². The third-order valence-corrected chi connectivity index (χ3v) is 3.99. The van der Waals surface area contributed by atoms with Gasteiger partial charge in [0.2, 0.25) is 0 Å². The van der Waals surface area contributed by atoms with Crippen molar-refractivity contribution in [1.82, 2.24) is 5.32 Å². The summed E-state index contributed by atoms with van der Waals surface area (Å²) < 4.78 is 16.0. The SMILES string of the molecule is COc1cc(OC)cc(OCCNC(=O)Nc2ccc(C(C)(C)C)cc2)c1. The first-order valence-corrected chi connectivity index (χ1v) is 8.83. The molecule has 0 saturated carbocycles. The summed E-state index contributed by atoms with van der Waals surface area (Å²) in [5, 5.41) is 5.58. The van der Waals surface area contributed by atoms with Gasteiger partial charge in [0.25, 0.3) is 0 Å². The van der Waals surface area contributed by atoms with Crippen molar-refractivity contribution in [3.05, 3.63) is 48.0 Å². The molecule has 2 amide bonds. The number of anilines is 1. The van der Waals surface area contributed by atoms with Crippen molar-refractivity contribution in [3.8, 4) is 17.2 Å². The van der Waals surface area contributed by atoms with Crippen molar-refractivity contribution in [2.24, 2.45) is 0 Å². The second kappa shape index (κ2) is 9.16. The van der Waals surface area contributed by atoms with Gasteiger partial charge in [-0.25, -0.2) is 4.79 Å². The van der Waals surface area contributed by atoms with Crippen molar-refractivity contribution in [2.75, 3.05) is 32.7 Å². The number of nitrogens with one attached hydrogen (secondary N) is 2. The smallest absolute Gasteiger partial charge is 0.319 e. The molecule has 6 nitrogen and oxygen atoms in total. The summed E-state index contributed by atoms with van der Waals surface area (Å²) in [5.74, 6) is 1.91. The molecular weight excluding hydrogens is 344 g/mol. The largest absolute Gasteiger partial charge is 0.496 e. The van der Waals surface area contributed by atoms with E-state index in [2.05, 4.69) is 31.4 Å². The van der Waals surface area contributed by atoms with E-state index in [-0.39, 0.29) is 11.4 Å². The highest BCUT2D eigenvalue weighted by Crippen LogP contribution is 2.27. The normalized spacial score (nSPS) is 10.9. The topological polar surface area (TPSA) is 68.8 Å². The van der Waals surface area contributed by atoms with E-state index in [4.69, 9.17) is 14.2 Å². The van der Waals surface area contributed by atoms with Gasteiger partial charge in [0, 0.05) is 23.9 Å². The molecule has 0 spiro atoms. The third kappa shape index (κ3) is 6.40. The van der Waals surface area contributed by atoms with Crippen molar-refractivity contribution in [1.29, 1.82) is 0 Å². The Labute approximate surface area is 160 Å². The van der Waals surface area contributed by atoms with Gasteiger partial charge in [-0.3, -0.25) is 0 Å². The molecule has 0 atom stereocenters. The number of hydrogen-bond acceptors (Lipinski definition) is 4. The highest BCUT2D eigenvalue weighted by atomic mass is 16.5. The van der Waals surface area contributed by atoms with Gasteiger partial charge in [-0.1, -0.05) is 32.9 Å². The molecule has 0 aliphatic rings. The fraction of sp³-hybridized carbons (Fsp3) is 0.381. The quantitative estimate of drug-likeness (QED) is 0.715. The number of hydrogen-bond donors (Lipinski definition) is 2. The lowest BCUT2D eigenvalue weighted by molar-refractivity contribution is 0.247. The highest BCUT2D eigenvalue weighted by Gasteiger charge is 2.13. The van der Waals surface area contributed by atoms with Gasteiger partial charge in [-0.2, -0.15) is 0 Å². The van der Waals surface area contributed by atoms with E-state index in [1.54, 1.807) is 32.4 Å². The first-order chi connectivity index (χ1) is 12.8. The Morgan fingerprint density at radius 2 is 1.48 bits per heavy atom. The van der Waals surface area contributed by atoms with Crippen LogP contribution in [-0.2, 0) is 5.41 Å². The highest BCUT2D eigenvalue weighted by molar-refractivity contribution is 5.89. The zero-order valence-electron chi connectivity index (χ0n) is 16.6. The summed E-state index contributed by atoms with van der Waals surface area (Å²) in [6.07, 6.45) is 0. The first kappa shape index (κ1) is 20.4. The number of carbonyl (C=O) groups excluding carboxylic acids is 1. The predicted molar refractivity (Wildman–Crippen MR) is 107 cm³/mol. The van der Waals surface area contributed by atoms with Crippen LogP contribution in [0.15, 0.2) is 42.5 Å². The molecule has 6 heteroatoms. The van der Waals surface area contributed by atoms with E-state index in [0.717, 1.165) is 5.69 Å². The fourth-order valence-corrected chi connectivity index (χ4v) is 2.43. The zero-order valence-corrected chi connectivity index (χ0v) is 16.6. The van der Waals surface area contributed by atoms with Crippen molar-refractivity contribution in [3.63, 3.8) is 0 Å². The summed E-state index contributed by atoms with van der Waals surface area (Å²) >= 11 is 0. The van der Waals surface area contributed by atoms with E-state index >= 15 is 0 Å². The molecule has 0 aromatic heterocycles. The van der Waals surface area contributed by atoms with E-state index < -0.39 is 0 Å². The van der Waals surface area contributed by atoms with Crippen molar-refractivity contribution >= 4 is 11.7 Å². The van der Waals surface area contributed by atoms with Crippen molar-refractivity contribution in [2.45, 2.75) is 26.2 Å². The van der Waals surface area contributed by atoms with Crippen molar-refractivity contribution < 1.29 is 19.0 Å². The lowest BCUT2D eigenvalue weighted by Gasteiger charge is -2.19. The molecule has 2 aromatic carbocycles. The molecule has 27 heavy (non-hydrogen) atoms. The lowest BCUT2D eigenvalue weighted by atomic mass is 9.87. The van der Waals surface area contributed by atoms with Crippen LogP contribution >= 0.6 is 0 Å². The van der Waals surface area contributed by atoms with E-state index in [1.165, 1.54) is 5.56 Å². The van der Waals surface area contributed by atoms with Crippen LogP contribution in [0.3, 0.4) is 0 Å². The van der Waals surface area contributed by atoms with Crippen LogP contribution in [0, 0.1) is 0 Å². The van der Waals surface area contributed by atoms with Gasteiger partial charge in [0.15, 0.2) is 0 Å². The summed E-state index contributed by atoms with van der Waals surface area (Å²) in [6, 6.07) is 12.9. The van der Waals surface area contributed by atoms with Crippen LogP contribution < -0.4 is 24.8 Å². The summed E-state index contributed by atoms with van der Waals surface area (Å²) in [6.45, 7) is 7.15. The number of ether oxygens (including phenoxy) is 3. The summed E-state index contributed by atoms with van der Waals surface area (Å²) in [5.41, 5.74) is 2.05. The maximum Gasteiger partial charge on any atom is 0.319 e. The number of rotatable bonds is 7. The van der Waals surface area contributed by atoms with Gasteiger partial charge >= 0.3 is 6.03 Å². The number of amides is 2. The third-order valence-electron chi connectivity index (χ3n) is 3.99. The Kier molecular flexibility index (Phi) is 6.93. The fourth-order valence-electron chi connectivity index (χ4n) is 2.43. The number of benzene rings is 2. The minimum atomic E-state index is -0.273. The molecule has 2 N–H and O–H groups in total. The molecule has 0 radical (unpaired) electrons. The predicted octanol–water partition coefficient (Wildman–Crippen LogP) is 4.20. The monoisotopic (exact) mass is 372 g/mol. The number of methoxy groups -OCH3 is 2. The number of carbonyl (C=O) groups is 1. The molecule has 146 valence electrons. The van der Waals surface area contributed by atoms with Crippen LogP contribution in [0.1, 0.15) is 26.3 Å². The Hall–Kier alpha value is -2.89. The van der Waals surface area contributed by atoms with Gasteiger partial charge < -0.3 is 24.8 Å². The maximum atomic E-state index is 12.0. The molecule has 0 fully saturated rings. The minimum absolute atomic E-state index is 0.0843. The molecule has 2 rings (SSSR count). The van der Waals surface area contributed by atoms with E-state index in [9.17, 15) is 4.79 Å². The minimum Gasteiger partial charge on any atom is -0.496 e. The Bertz CT molecular complexity index is 730. The second-order valence-corrected chi connectivity index (χ2v) is 7.11. The molecule has 0 heterocycles. The maximum absolute atomic E-state index is 12.0. The summed E-state index contributed by atoms with van der Waals surface area (Å²) in [4.78, 5) is 12.0. The zero-order chi connectivity index (χ0) is 19.9. The van der Waals surface area contributed by atoms with Crippen LogP contribution in [-0.4, -0.2) is 33.4 Å². The Morgan fingerprint density at radius 3 is 2.00 bits per heavy atom. The van der Waals surface area contributed by atoms with Crippen LogP contribution in [0.25, 0.3) is 0 Å². The summed E-state index contributed by atoms with van der Waals surface area (Å²) in [7, 11) is 3.16. The second-order valence-electron chi connectivity index (χ2n) is 7.11. The first-order valence-electron chi connectivity index (χ1n) is 8.83. The van der Waals surface area contributed by atoms with E-state index in [0.29, 0.717) is 30.4 Å². The van der Waals surface area contributed by atoms with Gasteiger partial charge in [-0.05, 0) is 23.1 Å². The average Bonchev–Trinajstić information content (AvgIpc) is 2.64. The van der Waals surface area contributed by atoms with Gasteiger partial charge in [0.1, 0.15) is 23.9 Å². The molecular formula is C21H28N2O4. The van der Waals surface area contributed by atoms with Gasteiger partial charge in [0.05, 0.1) is 20.8 Å². The molecule has 0 aliphatic heterocycles.